The van der Waals surface area contributed by atoms with Crippen molar-refractivity contribution in [3.05, 3.63) is 35.8 Å². The van der Waals surface area contributed by atoms with Crippen LogP contribution in [-0.4, -0.2) is 15.9 Å². The predicted octanol–water partition coefficient (Wildman–Crippen LogP) is 0.947. The Morgan fingerprint density at radius 1 is 1.62 bits per heavy atom. The van der Waals surface area contributed by atoms with E-state index in [1.54, 1.807) is 18.6 Å². The maximum atomic E-state index is 10.8. The molecule has 0 aliphatic carbocycles. The highest BCUT2D eigenvalue weighted by Gasteiger charge is 2.13. The summed E-state index contributed by atoms with van der Waals surface area (Å²) < 4.78 is 0. The van der Waals surface area contributed by atoms with Crippen molar-refractivity contribution < 1.29 is 4.79 Å². The van der Waals surface area contributed by atoms with Gasteiger partial charge in [0.15, 0.2) is 0 Å². The van der Waals surface area contributed by atoms with Gasteiger partial charge in [0.05, 0.1) is 6.54 Å². The van der Waals surface area contributed by atoms with Crippen LogP contribution in [-0.2, 0) is 6.54 Å². The Morgan fingerprint density at radius 2 is 2.46 bits per heavy atom. The highest BCUT2D eigenvalue weighted by molar-refractivity contribution is 5.75. The van der Waals surface area contributed by atoms with Crippen molar-refractivity contribution in [1.82, 2.24) is 9.88 Å². The van der Waals surface area contributed by atoms with Gasteiger partial charge in [0.25, 0.3) is 0 Å². The highest BCUT2D eigenvalue weighted by Crippen LogP contribution is 2.17. The van der Waals surface area contributed by atoms with Crippen LogP contribution in [0.2, 0.25) is 0 Å². The van der Waals surface area contributed by atoms with Crippen LogP contribution in [0.3, 0.4) is 0 Å². The number of amides is 2. The smallest absolute Gasteiger partial charge is 0.319 e. The van der Waals surface area contributed by atoms with E-state index in [0.717, 1.165) is 11.1 Å². The Hall–Kier alpha value is -1.84. The van der Waals surface area contributed by atoms with Gasteiger partial charge in [0, 0.05) is 18.6 Å². The van der Waals surface area contributed by atoms with Gasteiger partial charge in [-0.25, -0.2) is 4.79 Å². The molecule has 0 radical (unpaired) electrons. The van der Waals surface area contributed by atoms with Gasteiger partial charge in [-0.15, -0.1) is 0 Å². The van der Waals surface area contributed by atoms with E-state index < -0.39 is 6.03 Å². The molecule has 2 rings (SSSR count). The van der Waals surface area contributed by atoms with Crippen molar-refractivity contribution in [2.24, 2.45) is 5.73 Å². The number of nitrogens with zero attached hydrogens (tertiary/aromatic N) is 2. The normalized spacial score (nSPS) is 14.0. The molecule has 2 N–H and O–H groups in total. The molecule has 13 heavy (non-hydrogen) atoms. The summed E-state index contributed by atoms with van der Waals surface area (Å²) in [6, 6.07) is 1.47. The first-order valence-electron chi connectivity index (χ1n) is 3.94. The average molecular weight is 175 g/mol. The molecule has 1 aliphatic heterocycles. The molecule has 0 saturated carbocycles. The molecule has 2 amide bonds. The summed E-state index contributed by atoms with van der Waals surface area (Å²) in [5.74, 6) is 0. The molecular formula is C9H9N3O. The zero-order chi connectivity index (χ0) is 9.26. The monoisotopic (exact) mass is 175 g/mol. The standard InChI is InChI=1S/C9H9N3O/c10-9(13)12-4-2-7-1-3-11-5-8(7)6-12/h1-5H,6H2,(H2,10,13). The SMILES string of the molecule is NC(=O)N1C=Cc2ccncc2C1. The van der Waals surface area contributed by atoms with Gasteiger partial charge in [-0.3, -0.25) is 9.88 Å². The average Bonchev–Trinajstić information content (AvgIpc) is 2.17. The first kappa shape index (κ1) is 7.79. The van der Waals surface area contributed by atoms with Crippen molar-refractivity contribution in [3.63, 3.8) is 0 Å². The van der Waals surface area contributed by atoms with Gasteiger partial charge < -0.3 is 5.73 Å². The summed E-state index contributed by atoms with van der Waals surface area (Å²) in [6.45, 7) is 0.509. The zero-order valence-electron chi connectivity index (χ0n) is 6.97. The number of rotatable bonds is 0. The lowest BCUT2D eigenvalue weighted by Crippen LogP contribution is -2.32. The van der Waals surface area contributed by atoms with E-state index in [1.165, 1.54) is 4.90 Å². The second kappa shape index (κ2) is 2.90. The summed E-state index contributed by atoms with van der Waals surface area (Å²) in [7, 11) is 0. The summed E-state index contributed by atoms with van der Waals surface area (Å²) in [5.41, 5.74) is 7.25. The Balaban J connectivity index is 2.34. The molecule has 0 unspecified atom stereocenters. The quantitative estimate of drug-likeness (QED) is 0.638. The Bertz CT molecular complexity index is 373. The Morgan fingerprint density at radius 3 is 3.23 bits per heavy atom. The number of primary amides is 1. The van der Waals surface area contributed by atoms with E-state index in [9.17, 15) is 4.79 Å². The molecule has 66 valence electrons. The molecule has 1 aromatic heterocycles. The number of urea groups is 1. The second-order valence-corrected chi connectivity index (χ2v) is 2.86. The maximum Gasteiger partial charge on any atom is 0.319 e. The lowest BCUT2D eigenvalue weighted by molar-refractivity contribution is 0.223. The lowest BCUT2D eigenvalue weighted by atomic mass is 10.1. The van der Waals surface area contributed by atoms with Crippen LogP contribution in [0.25, 0.3) is 6.08 Å². The zero-order valence-corrected chi connectivity index (χ0v) is 6.97. The molecule has 0 aromatic carbocycles. The minimum Gasteiger partial charge on any atom is -0.351 e. The van der Waals surface area contributed by atoms with Gasteiger partial charge in [-0.05, 0) is 23.3 Å². The number of hydrogen-bond donors (Lipinski definition) is 1. The number of aromatic nitrogens is 1. The molecule has 0 fully saturated rings. The fourth-order valence-corrected chi connectivity index (χ4v) is 1.29. The van der Waals surface area contributed by atoms with Crippen molar-refractivity contribution in [2.75, 3.05) is 0 Å². The van der Waals surface area contributed by atoms with E-state index in [2.05, 4.69) is 4.98 Å². The van der Waals surface area contributed by atoms with Crippen molar-refractivity contribution in [2.45, 2.75) is 6.54 Å². The number of carbonyl (C=O) groups excluding carboxylic acids is 1. The molecule has 4 nitrogen and oxygen atoms in total. The molecule has 1 aromatic rings. The molecule has 0 saturated heterocycles. The number of nitrogens with two attached hydrogens (primary N) is 1. The molecule has 0 spiro atoms. The summed E-state index contributed by atoms with van der Waals surface area (Å²) in [6.07, 6.45) is 7.01. The van der Waals surface area contributed by atoms with Crippen LogP contribution in [0.4, 0.5) is 4.79 Å². The molecule has 2 heterocycles. The molecule has 1 aliphatic rings. The van der Waals surface area contributed by atoms with Gasteiger partial charge in [0.2, 0.25) is 0 Å². The fraction of sp³-hybridized carbons (Fsp3) is 0.111. The van der Waals surface area contributed by atoms with Gasteiger partial charge in [-0.2, -0.15) is 0 Å². The van der Waals surface area contributed by atoms with E-state index >= 15 is 0 Å². The summed E-state index contributed by atoms with van der Waals surface area (Å²) in [5, 5.41) is 0. The minimum absolute atomic E-state index is 0.439. The number of fused-ring (bicyclic) bond motifs is 1. The first-order chi connectivity index (χ1) is 6.27. The fourth-order valence-electron chi connectivity index (χ4n) is 1.29. The second-order valence-electron chi connectivity index (χ2n) is 2.86. The minimum atomic E-state index is -0.439. The Labute approximate surface area is 75.7 Å². The Kier molecular flexibility index (Phi) is 1.73. The van der Waals surface area contributed by atoms with Crippen molar-refractivity contribution >= 4 is 12.1 Å². The van der Waals surface area contributed by atoms with E-state index in [1.807, 2.05) is 12.1 Å². The highest BCUT2D eigenvalue weighted by atomic mass is 16.2. The van der Waals surface area contributed by atoms with Gasteiger partial charge in [0.1, 0.15) is 0 Å². The number of carbonyl (C=O) groups is 1. The van der Waals surface area contributed by atoms with Crippen LogP contribution in [0.5, 0.6) is 0 Å². The van der Waals surface area contributed by atoms with E-state index in [0.29, 0.717) is 6.54 Å². The van der Waals surface area contributed by atoms with Gasteiger partial charge >= 0.3 is 6.03 Å². The molecular weight excluding hydrogens is 166 g/mol. The van der Waals surface area contributed by atoms with Crippen LogP contribution in [0.15, 0.2) is 24.7 Å². The first-order valence-corrected chi connectivity index (χ1v) is 3.94. The van der Waals surface area contributed by atoms with Crippen LogP contribution in [0, 0.1) is 0 Å². The molecule has 0 bridgehead atoms. The third-order valence-corrected chi connectivity index (χ3v) is 2.00. The van der Waals surface area contributed by atoms with Crippen molar-refractivity contribution in [1.29, 1.82) is 0 Å². The van der Waals surface area contributed by atoms with Crippen LogP contribution < -0.4 is 5.73 Å². The van der Waals surface area contributed by atoms with Crippen LogP contribution >= 0.6 is 0 Å². The van der Waals surface area contributed by atoms with Crippen LogP contribution in [0.1, 0.15) is 11.1 Å². The molecule has 0 atom stereocenters. The summed E-state index contributed by atoms with van der Waals surface area (Å²) in [4.78, 5) is 16.3. The van der Waals surface area contributed by atoms with Gasteiger partial charge in [-0.1, -0.05) is 0 Å². The van der Waals surface area contributed by atoms with Crippen molar-refractivity contribution in [3.8, 4) is 0 Å². The molecule has 4 heteroatoms. The number of pyridine rings is 1. The van der Waals surface area contributed by atoms with E-state index in [4.69, 9.17) is 5.73 Å². The largest absolute Gasteiger partial charge is 0.351 e. The predicted molar refractivity (Wildman–Crippen MR) is 48.4 cm³/mol. The third-order valence-electron chi connectivity index (χ3n) is 2.00. The lowest BCUT2D eigenvalue weighted by Gasteiger charge is -2.20. The van der Waals surface area contributed by atoms with E-state index in [-0.39, 0.29) is 0 Å². The summed E-state index contributed by atoms with van der Waals surface area (Å²) >= 11 is 0. The number of hydrogen-bond acceptors (Lipinski definition) is 2. The maximum absolute atomic E-state index is 10.8. The topological polar surface area (TPSA) is 59.2 Å². The third kappa shape index (κ3) is 1.38.